The van der Waals surface area contributed by atoms with Crippen LogP contribution in [0.5, 0.6) is 5.75 Å². The highest BCUT2D eigenvalue weighted by Gasteiger charge is 2.16. The van der Waals surface area contributed by atoms with Gasteiger partial charge in [0, 0.05) is 24.2 Å². The number of ether oxygens (including phenoxy) is 1. The van der Waals surface area contributed by atoms with E-state index in [0.29, 0.717) is 16.6 Å². The van der Waals surface area contributed by atoms with Gasteiger partial charge in [0.15, 0.2) is 5.13 Å². The number of methoxy groups -OCH3 is 1. The standard InChI is InChI=1S/C12H13N3O2S/c1-15(8-4-3-5-9(6-8)17-2)11(16)10-7-18-12(13)14-10/h3-7H,1-2H3,(H2,13,14). The van der Waals surface area contributed by atoms with E-state index in [2.05, 4.69) is 4.98 Å². The summed E-state index contributed by atoms with van der Waals surface area (Å²) >= 11 is 1.25. The van der Waals surface area contributed by atoms with Crippen LogP contribution >= 0.6 is 11.3 Å². The van der Waals surface area contributed by atoms with Gasteiger partial charge in [-0.15, -0.1) is 11.3 Å². The van der Waals surface area contributed by atoms with E-state index in [-0.39, 0.29) is 5.91 Å². The molecule has 0 bridgehead atoms. The Kier molecular flexibility index (Phi) is 3.47. The molecule has 0 aliphatic rings. The van der Waals surface area contributed by atoms with Crippen molar-refractivity contribution in [3.63, 3.8) is 0 Å². The second kappa shape index (κ2) is 5.05. The molecule has 0 atom stereocenters. The minimum atomic E-state index is -0.198. The molecule has 1 aromatic heterocycles. The Labute approximate surface area is 109 Å². The third-order valence-corrected chi connectivity index (χ3v) is 3.16. The zero-order valence-corrected chi connectivity index (χ0v) is 10.9. The Morgan fingerprint density at radius 1 is 1.50 bits per heavy atom. The summed E-state index contributed by atoms with van der Waals surface area (Å²) in [5.41, 5.74) is 6.61. The summed E-state index contributed by atoms with van der Waals surface area (Å²) in [7, 11) is 3.27. The topological polar surface area (TPSA) is 68.5 Å². The van der Waals surface area contributed by atoms with Crippen LogP contribution in [0.15, 0.2) is 29.6 Å². The van der Waals surface area contributed by atoms with Crippen molar-refractivity contribution in [2.45, 2.75) is 0 Å². The molecule has 0 spiro atoms. The Morgan fingerprint density at radius 3 is 2.89 bits per heavy atom. The van der Waals surface area contributed by atoms with Gasteiger partial charge in [0.25, 0.3) is 5.91 Å². The molecule has 1 heterocycles. The van der Waals surface area contributed by atoms with Crippen LogP contribution in [0.2, 0.25) is 0 Å². The smallest absolute Gasteiger partial charge is 0.277 e. The Hall–Kier alpha value is -2.08. The molecule has 94 valence electrons. The van der Waals surface area contributed by atoms with Gasteiger partial charge in [0.05, 0.1) is 7.11 Å². The minimum absolute atomic E-state index is 0.198. The van der Waals surface area contributed by atoms with E-state index in [4.69, 9.17) is 10.5 Å². The van der Waals surface area contributed by atoms with Crippen LogP contribution in [-0.4, -0.2) is 25.0 Å². The normalized spacial score (nSPS) is 10.1. The van der Waals surface area contributed by atoms with E-state index in [1.165, 1.54) is 16.2 Å². The van der Waals surface area contributed by atoms with Gasteiger partial charge >= 0.3 is 0 Å². The van der Waals surface area contributed by atoms with Crippen molar-refractivity contribution in [2.75, 3.05) is 24.8 Å². The summed E-state index contributed by atoms with van der Waals surface area (Å²) in [5, 5.41) is 2.03. The van der Waals surface area contributed by atoms with Crippen molar-refractivity contribution in [3.8, 4) is 5.75 Å². The number of carbonyl (C=O) groups excluding carboxylic acids is 1. The summed E-state index contributed by atoms with van der Waals surface area (Å²) < 4.78 is 5.12. The number of hydrogen-bond acceptors (Lipinski definition) is 5. The number of thiazole rings is 1. The summed E-state index contributed by atoms with van der Waals surface area (Å²) in [4.78, 5) is 17.6. The second-order valence-corrected chi connectivity index (χ2v) is 4.53. The van der Waals surface area contributed by atoms with E-state index in [1.807, 2.05) is 18.2 Å². The molecule has 5 nitrogen and oxygen atoms in total. The van der Waals surface area contributed by atoms with Crippen LogP contribution in [0.4, 0.5) is 10.8 Å². The molecular formula is C12H13N3O2S. The fourth-order valence-corrected chi connectivity index (χ4v) is 2.03. The van der Waals surface area contributed by atoms with Crippen LogP contribution in [0.25, 0.3) is 0 Å². The third kappa shape index (κ3) is 2.43. The quantitative estimate of drug-likeness (QED) is 0.919. The summed E-state index contributed by atoms with van der Waals surface area (Å²) in [6, 6.07) is 7.26. The van der Waals surface area contributed by atoms with Crippen LogP contribution in [0.1, 0.15) is 10.5 Å². The van der Waals surface area contributed by atoms with Gasteiger partial charge in [-0.25, -0.2) is 4.98 Å². The molecule has 2 rings (SSSR count). The van der Waals surface area contributed by atoms with Crippen LogP contribution < -0.4 is 15.4 Å². The lowest BCUT2D eigenvalue weighted by molar-refractivity contribution is 0.0989. The predicted molar refractivity (Wildman–Crippen MR) is 72.3 cm³/mol. The van der Waals surface area contributed by atoms with Crippen molar-refractivity contribution in [3.05, 3.63) is 35.3 Å². The van der Waals surface area contributed by atoms with Gasteiger partial charge in [-0.2, -0.15) is 0 Å². The van der Waals surface area contributed by atoms with Crippen molar-refractivity contribution >= 4 is 28.1 Å². The molecule has 0 aliphatic heterocycles. The number of nitrogens with two attached hydrogens (primary N) is 1. The Bertz CT molecular complexity index is 568. The first-order chi connectivity index (χ1) is 8.61. The molecule has 0 radical (unpaired) electrons. The molecule has 0 saturated heterocycles. The number of carbonyl (C=O) groups is 1. The second-order valence-electron chi connectivity index (χ2n) is 3.64. The SMILES string of the molecule is COc1cccc(N(C)C(=O)c2csc(N)n2)c1. The van der Waals surface area contributed by atoms with Gasteiger partial charge < -0.3 is 15.4 Å². The lowest BCUT2D eigenvalue weighted by atomic mass is 10.2. The van der Waals surface area contributed by atoms with Crippen molar-refractivity contribution in [1.82, 2.24) is 4.98 Å². The number of nitrogen functional groups attached to an aromatic ring is 1. The molecule has 0 saturated carbocycles. The van der Waals surface area contributed by atoms with Crippen molar-refractivity contribution in [2.24, 2.45) is 0 Å². The lowest BCUT2D eigenvalue weighted by Gasteiger charge is -2.16. The molecule has 0 aliphatic carbocycles. The third-order valence-electron chi connectivity index (χ3n) is 2.49. The average molecular weight is 263 g/mol. The molecule has 18 heavy (non-hydrogen) atoms. The number of benzene rings is 1. The largest absolute Gasteiger partial charge is 0.497 e. The van der Waals surface area contributed by atoms with Crippen LogP contribution in [-0.2, 0) is 0 Å². The highest BCUT2D eigenvalue weighted by molar-refractivity contribution is 7.13. The van der Waals surface area contributed by atoms with Crippen LogP contribution in [0.3, 0.4) is 0 Å². The molecular weight excluding hydrogens is 250 g/mol. The predicted octanol–water partition coefficient (Wildman–Crippen LogP) is 2.01. The number of rotatable bonds is 3. The summed E-state index contributed by atoms with van der Waals surface area (Å²) in [6.45, 7) is 0. The minimum Gasteiger partial charge on any atom is -0.497 e. The van der Waals surface area contributed by atoms with Crippen LogP contribution in [0, 0.1) is 0 Å². The van der Waals surface area contributed by atoms with Crippen molar-refractivity contribution < 1.29 is 9.53 Å². The maximum Gasteiger partial charge on any atom is 0.277 e. The zero-order valence-electron chi connectivity index (χ0n) is 10.1. The maximum absolute atomic E-state index is 12.1. The average Bonchev–Trinajstić information content (AvgIpc) is 2.83. The first-order valence-corrected chi connectivity index (χ1v) is 6.13. The lowest BCUT2D eigenvalue weighted by Crippen LogP contribution is -2.26. The van der Waals surface area contributed by atoms with Gasteiger partial charge in [0.2, 0.25) is 0 Å². The monoisotopic (exact) mass is 263 g/mol. The molecule has 2 N–H and O–H groups in total. The van der Waals surface area contributed by atoms with E-state index in [0.717, 1.165) is 5.69 Å². The number of hydrogen-bond donors (Lipinski definition) is 1. The van der Waals surface area contributed by atoms with E-state index >= 15 is 0 Å². The fraction of sp³-hybridized carbons (Fsp3) is 0.167. The zero-order chi connectivity index (χ0) is 13.1. The molecule has 1 aromatic carbocycles. The number of aromatic nitrogens is 1. The molecule has 0 fully saturated rings. The number of amides is 1. The van der Waals surface area contributed by atoms with Crippen molar-refractivity contribution in [1.29, 1.82) is 0 Å². The summed E-state index contributed by atoms with van der Waals surface area (Å²) in [5.74, 6) is 0.501. The Balaban J connectivity index is 2.25. The number of anilines is 2. The maximum atomic E-state index is 12.1. The summed E-state index contributed by atoms with van der Waals surface area (Å²) in [6.07, 6.45) is 0. The van der Waals surface area contributed by atoms with Gasteiger partial charge in [-0.05, 0) is 12.1 Å². The Morgan fingerprint density at radius 2 is 2.28 bits per heavy atom. The van der Waals surface area contributed by atoms with E-state index in [1.54, 1.807) is 25.6 Å². The fourth-order valence-electron chi connectivity index (χ4n) is 1.49. The van der Waals surface area contributed by atoms with Gasteiger partial charge in [0.1, 0.15) is 11.4 Å². The molecule has 6 heteroatoms. The highest BCUT2D eigenvalue weighted by Crippen LogP contribution is 2.22. The van der Waals surface area contributed by atoms with Gasteiger partial charge in [-0.3, -0.25) is 4.79 Å². The molecule has 1 amide bonds. The van der Waals surface area contributed by atoms with E-state index < -0.39 is 0 Å². The highest BCUT2D eigenvalue weighted by atomic mass is 32.1. The molecule has 2 aromatic rings. The first-order valence-electron chi connectivity index (χ1n) is 5.25. The van der Waals surface area contributed by atoms with E-state index in [9.17, 15) is 4.79 Å². The number of nitrogens with zero attached hydrogens (tertiary/aromatic N) is 2. The van der Waals surface area contributed by atoms with Gasteiger partial charge in [-0.1, -0.05) is 6.07 Å². The first kappa shape index (κ1) is 12.4. The molecule has 0 unspecified atom stereocenters.